The van der Waals surface area contributed by atoms with Crippen molar-refractivity contribution in [2.24, 2.45) is 0 Å². The van der Waals surface area contributed by atoms with Gasteiger partial charge in [0.15, 0.2) is 0 Å². The minimum Gasteiger partial charge on any atom is -0.491 e. The number of hydrogen-bond donors (Lipinski definition) is 1. The highest BCUT2D eigenvalue weighted by Gasteiger charge is 2.06. The molecular formula is C24H40O5. The molecule has 166 valence electrons. The van der Waals surface area contributed by atoms with Crippen LogP contribution in [0.1, 0.15) is 87.9 Å². The Balaban J connectivity index is 1.94. The third kappa shape index (κ3) is 14.1. The Hall–Kier alpha value is -1.59. The van der Waals surface area contributed by atoms with E-state index in [9.17, 15) is 4.79 Å². The SMILES string of the molecule is CCCCCCCCCCCCOCCOc1ccc(C(=O)OCCCO)cc1. The number of carbonyl (C=O) groups excluding carboxylic acids is 1. The van der Waals surface area contributed by atoms with Gasteiger partial charge in [0.25, 0.3) is 0 Å². The molecule has 0 aromatic heterocycles. The largest absolute Gasteiger partial charge is 0.491 e. The Morgan fingerprint density at radius 2 is 1.38 bits per heavy atom. The van der Waals surface area contributed by atoms with Crippen LogP contribution in [0.25, 0.3) is 0 Å². The molecule has 0 fully saturated rings. The molecule has 1 rings (SSSR count). The minimum atomic E-state index is -0.384. The Morgan fingerprint density at radius 1 is 0.759 bits per heavy atom. The van der Waals surface area contributed by atoms with Gasteiger partial charge in [0, 0.05) is 19.6 Å². The monoisotopic (exact) mass is 408 g/mol. The fourth-order valence-electron chi connectivity index (χ4n) is 3.01. The van der Waals surface area contributed by atoms with Crippen molar-refractivity contribution in [2.45, 2.75) is 77.6 Å². The number of aliphatic hydroxyl groups excluding tert-OH is 1. The van der Waals surface area contributed by atoms with Crippen molar-refractivity contribution in [3.05, 3.63) is 29.8 Å². The molecule has 0 unspecified atom stereocenters. The number of esters is 1. The molecule has 0 heterocycles. The van der Waals surface area contributed by atoms with E-state index in [0.29, 0.717) is 30.9 Å². The molecule has 0 amide bonds. The van der Waals surface area contributed by atoms with Crippen LogP contribution < -0.4 is 4.74 Å². The second-order valence-electron chi connectivity index (χ2n) is 7.38. The number of rotatable bonds is 19. The molecule has 0 saturated heterocycles. The number of hydrogen-bond acceptors (Lipinski definition) is 5. The molecule has 0 radical (unpaired) electrons. The maximum atomic E-state index is 11.8. The van der Waals surface area contributed by atoms with Crippen molar-refractivity contribution in [3.63, 3.8) is 0 Å². The van der Waals surface area contributed by atoms with Gasteiger partial charge in [-0.25, -0.2) is 4.79 Å². The summed E-state index contributed by atoms with van der Waals surface area (Å²) in [5, 5.41) is 8.69. The number of ether oxygens (including phenoxy) is 3. The van der Waals surface area contributed by atoms with E-state index in [1.807, 2.05) is 0 Å². The maximum Gasteiger partial charge on any atom is 0.338 e. The first-order valence-corrected chi connectivity index (χ1v) is 11.4. The number of benzene rings is 1. The van der Waals surface area contributed by atoms with Crippen molar-refractivity contribution >= 4 is 5.97 Å². The molecule has 29 heavy (non-hydrogen) atoms. The molecule has 0 aliphatic rings. The minimum absolute atomic E-state index is 0.0152. The van der Waals surface area contributed by atoms with E-state index in [-0.39, 0.29) is 19.2 Å². The number of carbonyl (C=O) groups is 1. The standard InChI is InChI=1S/C24H40O5/c1-2-3-4-5-6-7-8-9-10-11-18-27-20-21-28-23-15-13-22(14-16-23)24(26)29-19-12-17-25/h13-16,25H,2-12,17-21H2,1H3. The van der Waals surface area contributed by atoms with Gasteiger partial charge >= 0.3 is 5.97 Å². The topological polar surface area (TPSA) is 65.0 Å². The average Bonchev–Trinajstić information content (AvgIpc) is 2.74. The summed E-state index contributed by atoms with van der Waals surface area (Å²) in [7, 11) is 0. The van der Waals surface area contributed by atoms with Crippen LogP contribution in [0.15, 0.2) is 24.3 Å². The molecule has 0 saturated carbocycles. The van der Waals surface area contributed by atoms with Gasteiger partial charge in [-0.05, 0) is 30.7 Å². The molecular weight excluding hydrogens is 368 g/mol. The van der Waals surface area contributed by atoms with E-state index in [2.05, 4.69) is 6.92 Å². The van der Waals surface area contributed by atoms with Crippen LogP contribution in [0, 0.1) is 0 Å². The molecule has 0 atom stereocenters. The summed E-state index contributed by atoms with van der Waals surface area (Å²) in [6, 6.07) is 6.87. The first-order valence-electron chi connectivity index (χ1n) is 11.4. The van der Waals surface area contributed by atoms with Crippen LogP contribution >= 0.6 is 0 Å². The van der Waals surface area contributed by atoms with Crippen LogP contribution in [0.2, 0.25) is 0 Å². The summed E-state index contributed by atoms with van der Waals surface area (Å²) < 4.78 is 16.3. The Kier molecular flexibility index (Phi) is 16.2. The zero-order chi connectivity index (χ0) is 21.0. The Morgan fingerprint density at radius 3 is 2.00 bits per heavy atom. The second-order valence-corrected chi connectivity index (χ2v) is 7.38. The highest BCUT2D eigenvalue weighted by Crippen LogP contribution is 2.13. The van der Waals surface area contributed by atoms with Gasteiger partial charge in [-0.3, -0.25) is 0 Å². The third-order valence-corrected chi connectivity index (χ3v) is 4.76. The molecule has 0 spiro atoms. The predicted molar refractivity (Wildman–Crippen MR) is 117 cm³/mol. The van der Waals surface area contributed by atoms with E-state index >= 15 is 0 Å². The van der Waals surface area contributed by atoms with Crippen molar-refractivity contribution in [2.75, 3.05) is 33.0 Å². The maximum absolute atomic E-state index is 11.8. The predicted octanol–water partition coefficient (Wildman–Crippen LogP) is 5.54. The fraction of sp³-hybridized carbons (Fsp3) is 0.708. The van der Waals surface area contributed by atoms with Crippen LogP contribution in [-0.2, 0) is 9.47 Å². The van der Waals surface area contributed by atoms with Gasteiger partial charge in [-0.2, -0.15) is 0 Å². The lowest BCUT2D eigenvalue weighted by molar-refractivity contribution is 0.0482. The van der Waals surface area contributed by atoms with Crippen molar-refractivity contribution in [1.29, 1.82) is 0 Å². The molecule has 1 aromatic carbocycles. The quantitative estimate of drug-likeness (QED) is 0.240. The van der Waals surface area contributed by atoms with Gasteiger partial charge in [0.1, 0.15) is 12.4 Å². The molecule has 5 nitrogen and oxygen atoms in total. The van der Waals surface area contributed by atoms with Gasteiger partial charge in [0.05, 0.1) is 18.8 Å². The van der Waals surface area contributed by atoms with Crippen molar-refractivity contribution < 1.29 is 24.1 Å². The molecule has 0 aliphatic carbocycles. The summed E-state index contributed by atoms with van der Waals surface area (Å²) in [4.78, 5) is 11.8. The van der Waals surface area contributed by atoms with Gasteiger partial charge < -0.3 is 19.3 Å². The van der Waals surface area contributed by atoms with Gasteiger partial charge in [-0.15, -0.1) is 0 Å². The highest BCUT2D eigenvalue weighted by atomic mass is 16.5. The van der Waals surface area contributed by atoms with Crippen LogP contribution in [-0.4, -0.2) is 44.1 Å². The first-order chi connectivity index (χ1) is 14.3. The zero-order valence-corrected chi connectivity index (χ0v) is 18.2. The second kappa shape index (κ2) is 18.4. The summed E-state index contributed by atoms with van der Waals surface area (Å²) >= 11 is 0. The first kappa shape index (κ1) is 25.4. The lowest BCUT2D eigenvalue weighted by Gasteiger charge is -2.08. The van der Waals surface area contributed by atoms with E-state index in [1.165, 1.54) is 57.8 Å². The van der Waals surface area contributed by atoms with Gasteiger partial charge in [0.2, 0.25) is 0 Å². The number of aliphatic hydroxyl groups is 1. The Bertz CT molecular complexity index is 500. The molecule has 1 N–H and O–H groups in total. The van der Waals surface area contributed by atoms with Crippen LogP contribution in [0.4, 0.5) is 0 Å². The third-order valence-electron chi connectivity index (χ3n) is 4.76. The molecule has 5 heteroatoms. The number of unbranched alkanes of at least 4 members (excludes halogenated alkanes) is 9. The van der Waals surface area contributed by atoms with Crippen LogP contribution in [0.5, 0.6) is 5.75 Å². The van der Waals surface area contributed by atoms with E-state index in [0.717, 1.165) is 13.0 Å². The zero-order valence-electron chi connectivity index (χ0n) is 18.2. The van der Waals surface area contributed by atoms with E-state index in [4.69, 9.17) is 19.3 Å². The Labute approximate surface area is 176 Å². The van der Waals surface area contributed by atoms with E-state index in [1.54, 1.807) is 24.3 Å². The molecule has 0 aliphatic heterocycles. The summed E-state index contributed by atoms with van der Waals surface area (Å²) in [6.45, 7) is 4.36. The van der Waals surface area contributed by atoms with Crippen LogP contribution in [0.3, 0.4) is 0 Å². The summed E-state index contributed by atoms with van der Waals surface area (Å²) in [5.41, 5.74) is 0.479. The average molecular weight is 409 g/mol. The summed E-state index contributed by atoms with van der Waals surface area (Å²) in [6.07, 6.45) is 13.7. The molecule has 1 aromatic rings. The lowest BCUT2D eigenvalue weighted by atomic mass is 10.1. The normalized spacial score (nSPS) is 10.8. The highest BCUT2D eigenvalue weighted by molar-refractivity contribution is 5.89. The van der Waals surface area contributed by atoms with Crippen molar-refractivity contribution in [3.8, 4) is 5.75 Å². The lowest BCUT2D eigenvalue weighted by Crippen LogP contribution is -2.09. The van der Waals surface area contributed by atoms with Gasteiger partial charge in [-0.1, -0.05) is 64.7 Å². The molecule has 0 bridgehead atoms. The van der Waals surface area contributed by atoms with Crippen molar-refractivity contribution in [1.82, 2.24) is 0 Å². The smallest absolute Gasteiger partial charge is 0.338 e. The van der Waals surface area contributed by atoms with E-state index < -0.39 is 0 Å². The summed E-state index contributed by atoms with van der Waals surface area (Å²) in [5.74, 6) is 0.323. The fourth-order valence-corrected chi connectivity index (χ4v) is 3.01.